The van der Waals surface area contributed by atoms with Crippen LogP contribution in [0.15, 0.2) is 53.1 Å². The standard InChI is InChI=1S/C15H11ClN2O/c1-10-5-7-11(8-6-10)14-17-15(19-18-14)12-3-2-4-13(16)9-12/h2-9H,1H3. The van der Waals surface area contributed by atoms with Crippen LogP contribution in [0.4, 0.5) is 0 Å². The van der Waals surface area contributed by atoms with Crippen molar-refractivity contribution in [2.75, 3.05) is 0 Å². The maximum absolute atomic E-state index is 5.95. The predicted octanol–water partition coefficient (Wildman–Crippen LogP) is 4.37. The molecule has 2 aromatic carbocycles. The number of nitrogens with zero attached hydrogens (tertiary/aromatic N) is 2. The zero-order chi connectivity index (χ0) is 13.2. The van der Waals surface area contributed by atoms with Crippen LogP contribution in [0.25, 0.3) is 22.8 Å². The van der Waals surface area contributed by atoms with Crippen molar-refractivity contribution in [2.45, 2.75) is 6.92 Å². The van der Waals surface area contributed by atoms with Crippen molar-refractivity contribution in [1.29, 1.82) is 0 Å². The molecule has 0 aliphatic heterocycles. The number of aromatic nitrogens is 2. The van der Waals surface area contributed by atoms with Gasteiger partial charge in [-0.25, -0.2) is 0 Å². The second-order valence-electron chi connectivity index (χ2n) is 4.30. The molecule has 19 heavy (non-hydrogen) atoms. The van der Waals surface area contributed by atoms with Crippen molar-refractivity contribution in [3.63, 3.8) is 0 Å². The van der Waals surface area contributed by atoms with Gasteiger partial charge in [-0.05, 0) is 25.1 Å². The van der Waals surface area contributed by atoms with Crippen molar-refractivity contribution in [1.82, 2.24) is 10.1 Å². The highest BCUT2D eigenvalue weighted by atomic mass is 35.5. The van der Waals surface area contributed by atoms with Gasteiger partial charge in [-0.15, -0.1) is 0 Å². The van der Waals surface area contributed by atoms with Gasteiger partial charge >= 0.3 is 0 Å². The van der Waals surface area contributed by atoms with Gasteiger partial charge in [-0.3, -0.25) is 0 Å². The van der Waals surface area contributed by atoms with E-state index in [0.29, 0.717) is 16.7 Å². The topological polar surface area (TPSA) is 38.9 Å². The first-order chi connectivity index (χ1) is 9.22. The number of benzene rings is 2. The summed E-state index contributed by atoms with van der Waals surface area (Å²) in [7, 11) is 0. The van der Waals surface area contributed by atoms with Crippen LogP contribution in [-0.2, 0) is 0 Å². The molecule has 0 aliphatic carbocycles. The lowest BCUT2D eigenvalue weighted by Crippen LogP contribution is -1.81. The minimum atomic E-state index is 0.470. The maximum Gasteiger partial charge on any atom is 0.258 e. The van der Waals surface area contributed by atoms with E-state index >= 15 is 0 Å². The Labute approximate surface area is 115 Å². The van der Waals surface area contributed by atoms with Crippen LogP contribution in [-0.4, -0.2) is 10.1 Å². The van der Waals surface area contributed by atoms with Gasteiger partial charge in [0.25, 0.3) is 5.89 Å². The summed E-state index contributed by atoms with van der Waals surface area (Å²) in [6, 6.07) is 15.3. The largest absolute Gasteiger partial charge is 0.334 e. The summed E-state index contributed by atoms with van der Waals surface area (Å²) >= 11 is 5.95. The zero-order valence-electron chi connectivity index (χ0n) is 10.3. The molecule has 94 valence electrons. The molecule has 0 atom stereocenters. The van der Waals surface area contributed by atoms with Crippen molar-refractivity contribution < 1.29 is 4.52 Å². The lowest BCUT2D eigenvalue weighted by Gasteiger charge is -1.95. The van der Waals surface area contributed by atoms with Crippen LogP contribution in [0, 0.1) is 6.92 Å². The zero-order valence-corrected chi connectivity index (χ0v) is 11.1. The monoisotopic (exact) mass is 270 g/mol. The van der Waals surface area contributed by atoms with Gasteiger partial charge in [0, 0.05) is 16.1 Å². The molecular formula is C15H11ClN2O. The van der Waals surface area contributed by atoms with E-state index in [2.05, 4.69) is 10.1 Å². The first-order valence-corrected chi connectivity index (χ1v) is 6.27. The molecule has 1 heterocycles. The number of hydrogen-bond acceptors (Lipinski definition) is 3. The highest BCUT2D eigenvalue weighted by molar-refractivity contribution is 6.30. The highest BCUT2D eigenvalue weighted by Crippen LogP contribution is 2.24. The number of rotatable bonds is 2. The van der Waals surface area contributed by atoms with E-state index in [1.165, 1.54) is 5.56 Å². The Hall–Kier alpha value is -2.13. The molecular weight excluding hydrogens is 260 g/mol. The molecule has 0 N–H and O–H groups in total. The van der Waals surface area contributed by atoms with Crippen molar-refractivity contribution in [2.24, 2.45) is 0 Å². The van der Waals surface area contributed by atoms with Crippen molar-refractivity contribution >= 4 is 11.6 Å². The van der Waals surface area contributed by atoms with Gasteiger partial charge in [-0.2, -0.15) is 4.98 Å². The molecule has 0 aliphatic rings. The molecule has 0 fully saturated rings. The Kier molecular flexibility index (Phi) is 3.05. The molecule has 3 aromatic rings. The SMILES string of the molecule is Cc1ccc(-c2noc(-c3cccc(Cl)c3)n2)cc1. The minimum absolute atomic E-state index is 0.470. The fourth-order valence-electron chi connectivity index (χ4n) is 1.78. The van der Waals surface area contributed by atoms with Crippen LogP contribution in [0.5, 0.6) is 0 Å². The number of halogens is 1. The first-order valence-electron chi connectivity index (χ1n) is 5.89. The van der Waals surface area contributed by atoms with Gasteiger partial charge in [0.15, 0.2) is 0 Å². The lowest BCUT2D eigenvalue weighted by molar-refractivity contribution is 0.432. The summed E-state index contributed by atoms with van der Waals surface area (Å²) < 4.78 is 5.27. The van der Waals surface area contributed by atoms with Gasteiger partial charge < -0.3 is 4.52 Å². The second-order valence-corrected chi connectivity index (χ2v) is 4.74. The fraction of sp³-hybridized carbons (Fsp3) is 0.0667. The van der Waals surface area contributed by atoms with Gasteiger partial charge in [0.1, 0.15) is 0 Å². The summed E-state index contributed by atoms with van der Waals surface area (Å²) in [4.78, 5) is 4.39. The smallest absolute Gasteiger partial charge is 0.258 e. The average Bonchev–Trinajstić information content (AvgIpc) is 2.89. The molecule has 0 amide bonds. The van der Waals surface area contributed by atoms with E-state index < -0.39 is 0 Å². The van der Waals surface area contributed by atoms with E-state index in [1.807, 2.05) is 49.4 Å². The number of hydrogen-bond donors (Lipinski definition) is 0. The van der Waals surface area contributed by atoms with E-state index in [0.717, 1.165) is 11.1 Å². The Bertz CT molecular complexity index is 704. The van der Waals surface area contributed by atoms with Crippen LogP contribution < -0.4 is 0 Å². The third-order valence-electron chi connectivity index (χ3n) is 2.81. The summed E-state index contributed by atoms with van der Waals surface area (Å²) in [6.45, 7) is 2.04. The third kappa shape index (κ3) is 2.51. The van der Waals surface area contributed by atoms with E-state index in [9.17, 15) is 0 Å². The molecule has 0 bridgehead atoms. The molecule has 0 saturated carbocycles. The van der Waals surface area contributed by atoms with Crippen molar-refractivity contribution in [3.05, 3.63) is 59.1 Å². The Balaban J connectivity index is 1.97. The molecule has 3 rings (SSSR count). The van der Waals surface area contributed by atoms with Gasteiger partial charge in [-0.1, -0.05) is 52.7 Å². The fourth-order valence-corrected chi connectivity index (χ4v) is 1.97. The van der Waals surface area contributed by atoms with Crippen molar-refractivity contribution in [3.8, 4) is 22.8 Å². The van der Waals surface area contributed by atoms with E-state index in [1.54, 1.807) is 6.07 Å². The highest BCUT2D eigenvalue weighted by Gasteiger charge is 2.10. The average molecular weight is 271 g/mol. The molecule has 0 saturated heterocycles. The predicted molar refractivity (Wildman–Crippen MR) is 74.9 cm³/mol. The summed E-state index contributed by atoms with van der Waals surface area (Å²) in [5.74, 6) is 1.05. The Morgan fingerprint density at radius 1 is 1.00 bits per heavy atom. The Morgan fingerprint density at radius 2 is 1.79 bits per heavy atom. The molecule has 3 nitrogen and oxygen atoms in total. The molecule has 1 aromatic heterocycles. The first kappa shape index (κ1) is 11.9. The summed E-state index contributed by atoms with van der Waals surface area (Å²) in [5.41, 5.74) is 2.95. The maximum atomic E-state index is 5.95. The molecule has 4 heteroatoms. The second kappa shape index (κ2) is 4.86. The third-order valence-corrected chi connectivity index (χ3v) is 3.04. The summed E-state index contributed by atoms with van der Waals surface area (Å²) in [6.07, 6.45) is 0. The van der Waals surface area contributed by atoms with Crippen LogP contribution in [0.3, 0.4) is 0 Å². The minimum Gasteiger partial charge on any atom is -0.334 e. The van der Waals surface area contributed by atoms with E-state index in [-0.39, 0.29) is 0 Å². The van der Waals surface area contributed by atoms with Gasteiger partial charge in [0.2, 0.25) is 5.82 Å². The van der Waals surface area contributed by atoms with Gasteiger partial charge in [0.05, 0.1) is 0 Å². The van der Waals surface area contributed by atoms with E-state index in [4.69, 9.17) is 16.1 Å². The molecule has 0 radical (unpaired) electrons. The lowest BCUT2D eigenvalue weighted by atomic mass is 10.1. The molecule has 0 unspecified atom stereocenters. The van der Waals surface area contributed by atoms with Crippen LogP contribution in [0.1, 0.15) is 5.56 Å². The number of aryl methyl sites for hydroxylation is 1. The summed E-state index contributed by atoms with van der Waals surface area (Å²) in [5, 5.41) is 4.64. The van der Waals surface area contributed by atoms with Crippen LogP contribution in [0.2, 0.25) is 5.02 Å². The molecule has 0 spiro atoms. The normalized spacial score (nSPS) is 10.6. The quantitative estimate of drug-likeness (QED) is 0.694. The van der Waals surface area contributed by atoms with Crippen LogP contribution >= 0.6 is 11.6 Å². The Morgan fingerprint density at radius 3 is 2.53 bits per heavy atom.